The van der Waals surface area contributed by atoms with Gasteiger partial charge in [-0.25, -0.2) is 0 Å². The van der Waals surface area contributed by atoms with Gasteiger partial charge in [-0.05, 0) is 29.7 Å². The fourth-order valence-corrected chi connectivity index (χ4v) is 5.67. The number of hydrogen-bond acceptors (Lipinski definition) is 6. The Morgan fingerprint density at radius 1 is 1.06 bits per heavy atom. The standard InChI is InChI=1S/C26H25NO6/c1-31-18-10-8-16(9-11-18)26-22(15-6-4-3-5-7-15)19(24(27)29)14-25(26,30)23-20(32-2)12-17(28)13-21(23)33-26/h3-13,19,22,28,30H,14H2,1-2H3,(H2,27,29)/t19-,22+,25+,26-/m0/s1. The summed E-state index contributed by atoms with van der Waals surface area (Å²) in [7, 11) is 3.03. The molecule has 1 saturated carbocycles. The van der Waals surface area contributed by atoms with Crippen molar-refractivity contribution in [2.45, 2.75) is 23.5 Å². The molecule has 0 saturated heterocycles. The smallest absolute Gasteiger partial charge is 0.221 e. The largest absolute Gasteiger partial charge is 0.508 e. The first-order valence-corrected chi connectivity index (χ1v) is 10.7. The van der Waals surface area contributed by atoms with Crippen LogP contribution in [-0.2, 0) is 16.0 Å². The number of hydrogen-bond donors (Lipinski definition) is 3. The van der Waals surface area contributed by atoms with Crippen molar-refractivity contribution in [3.8, 4) is 23.0 Å². The van der Waals surface area contributed by atoms with E-state index in [-0.39, 0.29) is 17.9 Å². The van der Waals surface area contributed by atoms with Gasteiger partial charge in [0.25, 0.3) is 0 Å². The summed E-state index contributed by atoms with van der Waals surface area (Å²) >= 11 is 0. The number of fused-ring (bicyclic) bond motifs is 3. The van der Waals surface area contributed by atoms with Gasteiger partial charge >= 0.3 is 0 Å². The van der Waals surface area contributed by atoms with Crippen LogP contribution in [0.1, 0.15) is 29.0 Å². The van der Waals surface area contributed by atoms with E-state index in [4.69, 9.17) is 19.9 Å². The summed E-state index contributed by atoms with van der Waals surface area (Å²) < 4.78 is 17.5. The van der Waals surface area contributed by atoms with Crippen molar-refractivity contribution >= 4 is 5.91 Å². The summed E-state index contributed by atoms with van der Waals surface area (Å²) in [6.45, 7) is 0. The average Bonchev–Trinajstić information content (AvgIpc) is 3.23. The third-order valence-corrected chi connectivity index (χ3v) is 6.97. The fraction of sp³-hybridized carbons (Fsp3) is 0.269. The number of ether oxygens (including phenoxy) is 3. The summed E-state index contributed by atoms with van der Waals surface area (Å²) in [4.78, 5) is 12.7. The van der Waals surface area contributed by atoms with Crippen LogP contribution >= 0.6 is 0 Å². The molecule has 33 heavy (non-hydrogen) atoms. The van der Waals surface area contributed by atoms with Crippen molar-refractivity contribution in [3.05, 3.63) is 83.4 Å². The van der Waals surface area contributed by atoms with Crippen LogP contribution < -0.4 is 19.9 Å². The molecular weight excluding hydrogens is 422 g/mol. The fourth-order valence-electron chi connectivity index (χ4n) is 5.67. The Kier molecular flexibility index (Phi) is 4.76. The Morgan fingerprint density at radius 2 is 1.76 bits per heavy atom. The van der Waals surface area contributed by atoms with Crippen LogP contribution in [0.3, 0.4) is 0 Å². The molecule has 7 nitrogen and oxygen atoms in total. The molecule has 1 heterocycles. The molecule has 2 aliphatic rings. The predicted octanol–water partition coefficient (Wildman–Crippen LogP) is 3.17. The molecule has 0 bridgehead atoms. The van der Waals surface area contributed by atoms with E-state index in [9.17, 15) is 15.0 Å². The van der Waals surface area contributed by atoms with E-state index in [1.165, 1.54) is 19.2 Å². The van der Waals surface area contributed by atoms with Crippen LogP contribution in [0.2, 0.25) is 0 Å². The van der Waals surface area contributed by atoms with Crippen LogP contribution in [0.25, 0.3) is 0 Å². The Labute approximate surface area is 191 Å². The molecule has 4 N–H and O–H groups in total. The highest BCUT2D eigenvalue weighted by Gasteiger charge is 2.73. The van der Waals surface area contributed by atoms with Crippen molar-refractivity contribution in [1.82, 2.24) is 0 Å². The third-order valence-electron chi connectivity index (χ3n) is 6.97. The van der Waals surface area contributed by atoms with Gasteiger partial charge in [-0.1, -0.05) is 42.5 Å². The molecule has 4 atom stereocenters. The number of aliphatic hydroxyl groups is 1. The van der Waals surface area contributed by atoms with Crippen LogP contribution in [0, 0.1) is 5.92 Å². The highest BCUT2D eigenvalue weighted by molar-refractivity contribution is 5.80. The van der Waals surface area contributed by atoms with E-state index < -0.39 is 28.9 Å². The van der Waals surface area contributed by atoms with Crippen molar-refractivity contribution in [2.24, 2.45) is 11.7 Å². The van der Waals surface area contributed by atoms with Gasteiger partial charge in [0, 0.05) is 18.1 Å². The van der Waals surface area contributed by atoms with E-state index in [0.717, 1.165) is 5.56 Å². The van der Waals surface area contributed by atoms with Crippen LogP contribution in [-0.4, -0.2) is 30.3 Å². The minimum atomic E-state index is -1.66. The topological polar surface area (TPSA) is 111 Å². The minimum Gasteiger partial charge on any atom is -0.508 e. The number of primary amides is 1. The van der Waals surface area contributed by atoms with Crippen LogP contribution in [0.15, 0.2) is 66.7 Å². The highest BCUT2D eigenvalue weighted by Crippen LogP contribution is 2.70. The molecule has 7 heteroatoms. The number of aromatic hydroxyl groups is 1. The van der Waals surface area contributed by atoms with Gasteiger partial charge in [0.05, 0.1) is 25.7 Å². The Balaban J connectivity index is 1.84. The minimum absolute atomic E-state index is 0.0298. The van der Waals surface area contributed by atoms with Gasteiger partial charge in [0.2, 0.25) is 5.91 Å². The normalized spacial score (nSPS) is 27.4. The quantitative estimate of drug-likeness (QED) is 0.554. The van der Waals surface area contributed by atoms with Gasteiger partial charge in [0.15, 0.2) is 5.60 Å². The lowest BCUT2D eigenvalue weighted by atomic mass is 9.70. The number of carbonyl (C=O) groups is 1. The van der Waals surface area contributed by atoms with Gasteiger partial charge in [-0.15, -0.1) is 0 Å². The number of phenolic OH excluding ortho intramolecular Hbond substituents is 1. The van der Waals surface area contributed by atoms with E-state index >= 15 is 0 Å². The number of nitrogens with two attached hydrogens (primary N) is 1. The van der Waals surface area contributed by atoms with Crippen molar-refractivity contribution < 1.29 is 29.2 Å². The molecule has 0 aromatic heterocycles. The second kappa shape index (κ2) is 7.42. The average molecular weight is 447 g/mol. The van der Waals surface area contributed by atoms with Crippen molar-refractivity contribution in [1.29, 1.82) is 0 Å². The molecule has 0 unspecified atom stereocenters. The summed E-state index contributed by atoms with van der Waals surface area (Å²) in [5.41, 5.74) is 4.69. The molecule has 1 aliphatic heterocycles. The molecule has 3 aromatic rings. The van der Waals surface area contributed by atoms with Crippen LogP contribution in [0.4, 0.5) is 0 Å². The monoisotopic (exact) mass is 447 g/mol. The third kappa shape index (κ3) is 2.82. The molecule has 3 aromatic carbocycles. The lowest BCUT2D eigenvalue weighted by molar-refractivity contribution is -0.122. The zero-order valence-electron chi connectivity index (χ0n) is 18.3. The number of carbonyl (C=O) groups excluding carboxylic acids is 1. The predicted molar refractivity (Wildman–Crippen MR) is 120 cm³/mol. The summed E-state index contributed by atoms with van der Waals surface area (Å²) in [6.07, 6.45) is 0.0298. The molecule has 1 amide bonds. The zero-order chi connectivity index (χ0) is 23.4. The first-order chi connectivity index (χ1) is 15.9. The maximum atomic E-state index is 12.7. The molecule has 1 aliphatic carbocycles. The first kappa shape index (κ1) is 21.2. The van der Waals surface area contributed by atoms with Gasteiger partial charge in [0.1, 0.15) is 28.6 Å². The second-order valence-electron chi connectivity index (χ2n) is 8.55. The van der Waals surface area contributed by atoms with Crippen molar-refractivity contribution in [2.75, 3.05) is 14.2 Å². The van der Waals surface area contributed by atoms with Crippen molar-refractivity contribution in [3.63, 3.8) is 0 Å². The molecule has 1 fully saturated rings. The second-order valence-corrected chi connectivity index (χ2v) is 8.55. The number of amides is 1. The van der Waals surface area contributed by atoms with Gasteiger partial charge < -0.3 is 30.2 Å². The maximum Gasteiger partial charge on any atom is 0.221 e. The SMILES string of the molecule is COc1ccc([C@@]23Oc4cc(O)cc(OC)c4[C@]2(O)C[C@H](C(N)=O)[C@H]3c2ccccc2)cc1. The zero-order valence-corrected chi connectivity index (χ0v) is 18.3. The van der Waals surface area contributed by atoms with Gasteiger partial charge in [-0.2, -0.15) is 0 Å². The highest BCUT2D eigenvalue weighted by atomic mass is 16.5. The van der Waals surface area contributed by atoms with E-state index in [2.05, 4.69) is 0 Å². The molecular formula is C26H25NO6. The summed E-state index contributed by atoms with van der Waals surface area (Å²) in [5.74, 6) is -0.678. The number of phenols is 1. The molecule has 5 rings (SSSR count). The number of rotatable bonds is 5. The molecule has 170 valence electrons. The Morgan fingerprint density at radius 3 is 2.36 bits per heavy atom. The lowest BCUT2D eigenvalue weighted by Gasteiger charge is -2.40. The summed E-state index contributed by atoms with van der Waals surface area (Å²) in [5, 5.41) is 22.7. The van der Waals surface area contributed by atoms with E-state index in [1.807, 2.05) is 42.5 Å². The molecule has 0 radical (unpaired) electrons. The maximum absolute atomic E-state index is 12.7. The Hall–Kier alpha value is -3.71. The number of benzene rings is 3. The summed E-state index contributed by atoms with van der Waals surface area (Å²) in [6, 6.07) is 19.5. The molecule has 0 spiro atoms. The van der Waals surface area contributed by atoms with Crippen LogP contribution in [0.5, 0.6) is 23.0 Å². The first-order valence-electron chi connectivity index (χ1n) is 10.7. The lowest BCUT2D eigenvalue weighted by Crippen LogP contribution is -2.48. The van der Waals surface area contributed by atoms with Gasteiger partial charge in [-0.3, -0.25) is 4.79 Å². The van der Waals surface area contributed by atoms with E-state index in [1.54, 1.807) is 19.2 Å². The van der Waals surface area contributed by atoms with E-state index in [0.29, 0.717) is 22.6 Å². The number of methoxy groups -OCH3 is 2. The Bertz CT molecular complexity index is 1210.